The van der Waals surface area contributed by atoms with Crippen LogP contribution in [0.4, 0.5) is 0 Å². The van der Waals surface area contributed by atoms with Gasteiger partial charge in [0.05, 0.1) is 16.9 Å². The van der Waals surface area contributed by atoms with Crippen molar-refractivity contribution in [2.24, 2.45) is 0 Å². The van der Waals surface area contributed by atoms with Crippen LogP contribution in [0, 0.1) is 0 Å². The highest BCUT2D eigenvalue weighted by Gasteiger charge is 2.19. The maximum absolute atomic E-state index is 12.4. The molecule has 1 N–H and O–H groups in total. The van der Waals surface area contributed by atoms with E-state index in [9.17, 15) is 4.79 Å². The van der Waals surface area contributed by atoms with Crippen LogP contribution in [0.25, 0.3) is 16.7 Å². The summed E-state index contributed by atoms with van der Waals surface area (Å²) < 4.78 is 1.55. The fourth-order valence-electron chi connectivity index (χ4n) is 2.87. The minimum absolute atomic E-state index is 0.132. The first-order chi connectivity index (χ1) is 9.84. The molecule has 0 aliphatic heterocycles. The van der Waals surface area contributed by atoms with E-state index in [0.717, 1.165) is 48.1 Å². The van der Waals surface area contributed by atoms with Crippen LogP contribution >= 0.6 is 0 Å². The van der Waals surface area contributed by atoms with Crippen LogP contribution in [0.1, 0.15) is 24.1 Å². The summed E-state index contributed by atoms with van der Waals surface area (Å²) in [7, 11) is 0. The fraction of sp³-hybridized carbons (Fsp3) is 0.267. The molecular weight excluding hydrogens is 252 g/mol. The van der Waals surface area contributed by atoms with E-state index in [1.54, 1.807) is 4.68 Å². The summed E-state index contributed by atoms with van der Waals surface area (Å²) in [4.78, 5) is 12.4. The van der Waals surface area contributed by atoms with E-state index >= 15 is 0 Å². The Morgan fingerprint density at radius 1 is 1.05 bits per heavy atom. The van der Waals surface area contributed by atoms with E-state index in [1.807, 2.05) is 30.3 Å². The number of nitrogens with zero attached hydrogens (tertiary/aromatic N) is 3. The molecule has 2 heterocycles. The van der Waals surface area contributed by atoms with Gasteiger partial charge in [-0.05, 0) is 37.8 Å². The topological polar surface area (TPSA) is 63.6 Å². The van der Waals surface area contributed by atoms with Gasteiger partial charge < -0.3 is 0 Å². The Balaban J connectivity index is 2.01. The number of rotatable bonds is 1. The van der Waals surface area contributed by atoms with Gasteiger partial charge >= 0.3 is 0 Å². The minimum atomic E-state index is -0.132. The molecule has 0 saturated heterocycles. The quantitative estimate of drug-likeness (QED) is 0.732. The maximum atomic E-state index is 12.4. The van der Waals surface area contributed by atoms with Crippen LogP contribution in [-0.2, 0) is 12.8 Å². The van der Waals surface area contributed by atoms with Gasteiger partial charge in [-0.15, -0.1) is 5.10 Å². The van der Waals surface area contributed by atoms with Crippen molar-refractivity contribution < 1.29 is 0 Å². The van der Waals surface area contributed by atoms with Crippen LogP contribution in [0.2, 0.25) is 0 Å². The van der Waals surface area contributed by atoms with E-state index in [1.165, 1.54) is 0 Å². The largest absolute Gasteiger partial charge is 0.299 e. The third kappa shape index (κ3) is 1.59. The third-order valence-electron chi connectivity index (χ3n) is 3.89. The van der Waals surface area contributed by atoms with Crippen LogP contribution in [-0.4, -0.2) is 20.0 Å². The molecule has 5 nitrogen and oxygen atoms in total. The van der Waals surface area contributed by atoms with Gasteiger partial charge in [0.1, 0.15) is 0 Å². The smallest absolute Gasteiger partial charge is 0.288 e. The van der Waals surface area contributed by atoms with Crippen molar-refractivity contribution in [3.8, 4) is 5.69 Å². The number of hydrogen-bond donors (Lipinski definition) is 1. The molecule has 0 fully saturated rings. The fourth-order valence-corrected chi connectivity index (χ4v) is 2.87. The van der Waals surface area contributed by atoms with Crippen LogP contribution < -0.4 is 5.56 Å². The SMILES string of the molecule is O=c1c2nnc3c(c2[nH]n1-c1ccccc1)CCCC3. The summed E-state index contributed by atoms with van der Waals surface area (Å²) >= 11 is 0. The van der Waals surface area contributed by atoms with Gasteiger partial charge in [0.15, 0.2) is 5.52 Å². The van der Waals surface area contributed by atoms with E-state index < -0.39 is 0 Å². The zero-order chi connectivity index (χ0) is 13.5. The average molecular weight is 266 g/mol. The number of aromatic nitrogens is 4. The lowest BCUT2D eigenvalue weighted by Crippen LogP contribution is -2.15. The van der Waals surface area contributed by atoms with Crippen molar-refractivity contribution in [2.75, 3.05) is 0 Å². The summed E-state index contributed by atoms with van der Waals surface area (Å²) in [5.41, 5.74) is 4.17. The number of fused-ring (bicyclic) bond motifs is 3. The highest BCUT2D eigenvalue weighted by molar-refractivity contribution is 5.78. The monoisotopic (exact) mass is 266 g/mol. The number of nitrogens with one attached hydrogen (secondary N) is 1. The Kier molecular flexibility index (Phi) is 2.45. The first-order valence-corrected chi connectivity index (χ1v) is 6.89. The number of hydrogen-bond acceptors (Lipinski definition) is 3. The Bertz CT molecular complexity index is 832. The second-order valence-electron chi connectivity index (χ2n) is 5.14. The molecule has 1 aliphatic carbocycles. The van der Waals surface area contributed by atoms with Gasteiger partial charge in [0.25, 0.3) is 5.56 Å². The number of aryl methyl sites for hydroxylation is 2. The Hall–Kier alpha value is -2.43. The predicted octanol–water partition coefficient (Wildman–Crippen LogP) is 1.99. The molecule has 0 bridgehead atoms. The summed E-state index contributed by atoms with van der Waals surface area (Å²) in [5.74, 6) is 0. The maximum Gasteiger partial charge on any atom is 0.299 e. The first-order valence-electron chi connectivity index (χ1n) is 6.89. The normalized spacial score (nSPS) is 14.4. The summed E-state index contributed by atoms with van der Waals surface area (Å²) in [6.45, 7) is 0. The van der Waals surface area contributed by atoms with Crippen LogP contribution in [0.3, 0.4) is 0 Å². The Morgan fingerprint density at radius 3 is 2.70 bits per heavy atom. The zero-order valence-electron chi connectivity index (χ0n) is 11.0. The molecule has 3 aromatic rings. The van der Waals surface area contributed by atoms with Crippen molar-refractivity contribution in [2.45, 2.75) is 25.7 Å². The van der Waals surface area contributed by atoms with Crippen LogP contribution in [0.5, 0.6) is 0 Å². The second-order valence-corrected chi connectivity index (χ2v) is 5.14. The summed E-state index contributed by atoms with van der Waals surface area (Å²) in [6, 6.07) is 9.55. The molecule has 0 saturated carbocycles. The van der Waals surface area contributed by atoms with Gasteiger partial charge in [-0.3, -0.25) is 9.89 Å². The molecule has 20 heavy (non-hydrogen) atoms. The van der Waals surface area contributed by atoms with E-state index in [-0.39, 0.29) is 5.56 Å². The molecule has 2 aromatic heterocycles. The Morgan fingerprint density at radius 2 is 1.85 bits per heavy atom. The van der Waals surface area contributed by atoms with E-state index in [0.29, 0.717) is 5.52 Å². The molecule has 0 spiro atoms. The molecule has 0 amide bonds. The molecule has 1 aliphatic rings. The van der Waals surface area contributed by atoms with Gasteiger partial charge in [0, 0.05) is 5.56 Å². The molecular formula is C15H14N4O. The number of para-hydroxylation sites is 1. The summed E-state index contributed by atoms with van der Waals surface area (Å²) in [6.07, 6.45) is 4.22. The lowest BCUT2D eigenvalue weighted by molar-refractivity contribution is 0.661. The van der Waals surface area contributed by atoms with Crippen molar-refractivity contribution in [1.29, 1.82) is 0 Å². The molecule has 0 unspecified atom stereocenters. The lowest BCUT2D eigenvalue weighted by atomic mass is 9.96. The molecule has 4 rings (SSSR count). The van der Waals surface area contributed by atoms with E-state index in [4.69, 9.17) is 0 Å². The van der Waals surface area contributed by atoms with Crippen molar-refractivity contribution in [3.05, 3.63) is 51.9 Å². The minimum Gasteiger partial charge on any atom is -0.288 e. The zero-order valence-corrected chi connectivity index (χ0v) is 11.0. The van der Waals surface area contributed by atoms with Crippen molar-refractivity contribution in [3.63, 3.8) is 0 Å². The number of H-pyrrole nitrogens is 1. The third-order valence-corrected chi connectivity index (χ3v) is 3.89. The second kappa shape index (κ2) is 4.30. The predicted molar refractivity (Wildman–Crippen MR) is 76.1 cm³/mol. The van der Waals surface area contributed by atoms with E-state index in [2.05, 4.69) is 15.3 Å². The highest BCUT2D eigenvalue weighted by atomic mass is 16.1. The highest BCUT2D eigenvalue weighted by Crippen LogP contribution is 2.23. The van der Waals surface area contributed by atoms with Crippen LogP contribution in [0.15, 0.2) is 35.1 Å². The molecule has 1 aromatic carbocycles. The Labute approximate surface area is 115 Å². The molecule has 0 atom stereocenters. The first kappa shape index (κ1) is 11.4. The lowest BCUT2D eigenvalue weighted by Gasteiger charge is -2.13. The van der Waals surface area contributed by atoms with Gasteiger partial charge in [0.2, 0.25) is 0 Å². The molecule has 0 radical (unpaired) electrons. The van der Waals surface area contributed by atoms with Gasteiger partial charge in [-0.1, -0.05) is 18.2 Å². The standard InChI is InChI=1S/C15H14N4O/c20-15-14-13(11-8-4-5-9-12(11)16-17-14)18-19(15)10-6-2-1-3-7-10/h1-3,6-7,18H,4-5,8-9H2. The molecule has 100 valence electrons. The summed E-state index contributed by atoms with van der Waals surface area (Å²) in [5, 5.41) is 11.6. The molecule has 5 heteroatoms. The van der Waals surface area contributed by atoms with Crippen molar-refractivity contribution >= 4 is 11.0 Å². The number of benzene rings is 1. The number of aromatic amines is 1. The van der Waals surface area contributed by atoms with Crippen molar-refractivity contribution in [1.82, 2.24) is 20.0 Å². The average Bonchev–Trinajstić information content (AvgIpc) is 2.86. The van der Waals surface area contributed by atoms with Gasteiger partial charge in [-0.25, -0.2) is 4.68 Å². The van der Waals surface area contributed by atoms with Gasteiger partial charge in [-0.2, -0.15) is 5.10 Å².